The van der Waals surface area contributed by atoms with E-state index in [1.807, 2.05) is 25.1 Å². The predicted molar refractivity (Wildman–Crippen MR) is 155 cm³/mol. The fourth-order valence-electron chi connectivity index (χ4n) is 4.04. The van der Waals surface area contributed by atoms with Crippen LogP contribution in [0.15, 0.2) is 97.2 Å². The number of aryl methyl sites for hydroxylation is 1. The summed E-state index contributed by atoms with van der Waals surface area (Å²) in [4.78, 5) is 14.8. The molecule has 3 rings (SSSR count). The summed E-state index contributed by atoms with van der Waals surface area (Å²) in [6.07, 6.45) is 2.26. The fourth-order valence-corrected chi connectivity index (χ4v) is 4.04. The number of nitrogens with zero attached hydrogens (tertiary/aromatic N) is 1. The second-order valence-electron chi connectivity index (χ2n) is 8.95. The summed E-state index contributed by atoms with van der Waals surface area (Å²) in [7, 11) is 0. The van der Waals surface area contributed by atoms with Gasteiger partial charge >= 0.3 is 0 Å². The van der Waals surface area contributed by atoms with Gasteiger partial charge in [0.25, 0.3) is 5.91 Å². The van der Waals surface area contributed by atoms with Gasteiger partial charge in [0.2, 0.25) is 0 Å². The first-order valence-electron chi connectivity index (χ1n) is 13.0. The van der Waals surface area contributed by atoms with E-state index in [9.17, 15) is 4.79 Å². The Labute approximate surface area is 221 Å². The Kier molecular flexibility index (Phi) is 10.4. The van der Waals surface area contributed by atoms with Crippen molar-refractivity contribution < 1.29 is 9.53 Å². The summed E-state index contributed by atoms with van der Waals surface area (Å²) in [5, 5.41) is 6.34. The highest BCUT2D eigenvalue weighted by atomic mass is 16.5. The van der Waals surface area contributed by atoms with Gasteiger partial charge in [-0.1, -0.05) is 67.6 Å². The maximum absolute atomic E-state index is 12.4. The zero-order chi connectivity index (χ0) is 26.6. The average molecular weight is 498 g/mol. The van der Waals surface area contributed by atoms with Crippen molar-refractivity contribution in [2.24, 2.45) is 5.92 Å². The van der Waals surface area contributed by atoms with Crippen LogP contribution in [-0.4, -0.2) is 32.1 Å². The molecule has 0 aliphatic carbocycles. The molecule has 194 valence electrons. The SMILES string of the molecule is C=C(NCCNC(=O)c1ccc(OCC)cc1)C(C)/C=C(/c1ccccc1)N(CC)c1ccc(C)cc1. The van der Waals surface area contributed by atoms with E-state index < -0.39 is 0 Å². The predicted octanol–water partition coefficient (Wildman–Crippen LogP) is 6.43. The van der Waals surface area contributed by atoms with E-state index in [4.69, 9.17) is 4.74 Å². The highest BCUT2D eigenvalue weighted by Crippen LogP contribution is 2.28. The van der Waals surface area contributed by atoms with Gasteiger partial charge in [-0.05, 0) is 62.7 Å². The van der Waals surface area contributed by atoms with Crippen LogP contribution in [0.1, 0.15) is 42.3 Å². The first-order chi connectivity index (χ1) is 17.9. The maximum atomic E-state index is 12.4. The molecule has 0 spiro atoms. The van der Waals surface area contributed by atoms with Gasteiger partial charge in [0.15, 0.2) is 0 Å². The Hall–Kier alpha value is -3.99. The zero-order valence-corrected chi connectivity index (χ0v) is 22.5. The van der Waals surface area contributed by atoms with E-state index in [0.29, 0.717) is 25.3 Å². The van der Waals surface area contributed by atoms with Crippen LogP contribution in [-0.2, 0) is 0 Å². The summed E-state index contributed by atoms with van der Waals surface area (Å²) in [6.45, 7) is 15.2. The minimum Gasteiger partial charge on any atom is -0.494 e. The third-order valence-electron chi connectivity index (χ3n) is 6.17. The molecule has 1 unspecified atom stereocenters. The molecule has 0 aromatic heterocycles. The van der Waals surface area contributed by atoms with Gasteiger partial charge in [-0.25, -0.2) is 0 Å². The molecule has 0 saturated carbocycles. The molecule has 3 aromatic rings. The molecule has 0 bridgehead atoms. The molecule has 0 heterocycles. The second kappa shape index (κ2) is 13.9. The maximum Gasteiger partial charge on any atom is 0.251 e. The van der Waals surface area contributed by atoms with Gasteiger partial charge in [-0.15, -0.1) is 0 Å². The van der Waals surface area contributed by atoms with E-state index in [2.05, 4.69) is 97.5 Å². The van der Waals surface area contributed by atoms with Crippen LogP contribution in [0.25, 0.3) is 5.70 Å². The van der Waals surface area contributed by atoms with Crippen LogP contribution in [0.5, 0.6) is 5.75 Å². The summed E-state index contributed by atoms with van der Waals surface area (Å²) in [6, 6.07) is 26.3. The number of anilines is 1. The molecule has 0 saturated heterocycles. The van der Waals surface area contributed by atoms with E-state index in [1.165, 1.54) is 5.56 Å². The van der Waals surface area contributed by atoms with Gasteiger partial charge in [-0.2, -0.15) is 0 Å². The average Bonchev–Trinajstić information content (AvgIpc) is 2.92. The molecule has 5 heteroatoms. The van der Waals surface area contributed by atoms with Crippen molar-refractivity contribution in [2.75, 3.05) is 31.1 Å². The third kappa shape index (κ3) is 8.01. The number of carbonyl (C=O) groups is 1. The molecule has 0 fully saturated rings. The van der Waals surface area contributed by atoms with Crippen molar-refractivity contribution in [1.82, 2.24) is 10.6 Å². The zero-order valence-electron chi connectivity index (χ0n) is 22.5. The lowest BCUT2D eigenvalue weighted by molar-refractivity contribution is 0.0954. The van der Waals surface area contributed by atoms with Crippen LogP contribution in [0.2, 0.25) is 0 Å². The lowest BCUT2D eigenvalue weighted by atomic mass is 10.0. The van der Waals surface area contributed by atoms with Crippen molar-refractivity contribution >= 4 is 17.3 Å². The Bertz CT molecular complexity index is 1170. The molecule has 2 N–H and O–H groups in total. The first-order valence-corrected chi connectivity index (χ1v) is 13.0. The normalized spacial score (nSPS) is 11.9. The van der Waals surface area contributed by atoms with Gasteiger partial charge in [0.1, 0.15) is 5.75 Å². The number of rotatable bonds is 13. The minimum atomic E-state index is -0.105. The number of ether oxygens (including phenoxy) is 1. The van der Waals surface area contributed by atoms with Crippen molar-refractivity contribution in [3.05, 3.63) is 114 Å². The molecule has 37 heavy (non-hydrogen) atoms. The van der Waals surface area contributed by atoms with Crippen LogP contribution in [0, 0.1) is 12.8 Å². The van der Waals surface area contributed by atoms with Crippen LogP contribution >= 0.6 is 0 Å². The molecule has 0 aliphatic heterocycles. The number of amides is 1. The Morgan fingerprint density at radius 2 is 1.57 bits per heavy atom. The number of allylic oxidation sites excluding steroid dienone is 1. The quantitative estimate of drug-likeness (QED) is 0.267. The third-order valence-corrected chi connectivity index (χ3v) is 6.17. The van der Waals surface area contributed by atoms with Crippen LogP contribution in [0.3, 0.4) is 0 Å². The summed E-state index contributed by atoms with van der Waals surface area (Å²) >= 11 is 0. The monoisotopic (exact) mass is 497 g/mol. The first kappa shape index (κ1) is 27.6. The molecule has 0 radical (unpaired) electrons. The van der Waals surface area contributed by atoms with Crippen molar-refractivity contribution in [3.63, 3.8) is 0 Å². The minimum absolute atomic E-state index is 0.0801. The Balaban J connectivity index is 1.63. The van der Waals surface area contributed by atoms with Gasteiger partial charge in [0, 0.05) is 48.2 Å². The van der Waals surface area contributed by atoms with E-state index in [1.54, 1.807) is 12.1 Å². The van der Waals surface area contributed by atoms with E-state index in [-0.39, 0.29) is 11.8 Å². The number of hydrogen-bond acceptors (Lipinski definition) is 4. The lowest BCUT2D eigenvalue weighted by Gasteiger charge is -2.28. The summed E-state index contributed by atoms with van der Waals surface area (Å²) < 4.78 is 5.44. The topological polar surface area (TPSA) is 53.6 Å². The molecule has 1 atom stereocenters. The number of benzene rings is 3. The van der Waals surface area contributed by atoms with Crippen molar-refractivity contribution in [2.45, 2.75) is 27.7 Å². The highest BCUT2D eigenvalue weighted by molar-refractivity contribution is 5.94. The molecule has 3 aromatic carbocycles. The van der Waals surface area contributed by atoms with E-state index in [0.717, 1.165) is 34.9 Å². The van der Waals surface area contributed by atoms with Gasteiger partial charge in [0.05, 0.1) is 6.61 Å². The van der Waals surface area contributed by atoms with Gasteiger partial charge in [-0.3, -0.25) is 4.79 Å². The van der Waals surface area contributed by atoms with Crippen LogP contribution < -0.4 is 20.3 Å². The largest absolute Gasteiger partial charge is 0.494 e. The molecular formula is C32H39N3O2. The molecule has 5 nitrogen and oxygen atoms in total. The summed E-state index contributed by atoms with van der Waals surface area (Å²) in [5.41, 5.74) is 6.22. The molecular weight excluding hydrogens is 458 g/mol. The van der Waals surface area contributed by atoms with Crippen molar-refractivity contribution in [3.8, 4) is 5.75 Å². The lowest BCUT2D eigenvalue weighted by Crippen LogP contribution is -2.32. The Morgan fingerprint density at radius 1 is 0.919 bits per heavy atom. The fraction of sp³-hybridized carbons (Fsp3) is 0.281. The van der Waals surface area contributed by atoms with Crippen molar-refractivity contribution in [1.29, 1.82) is 0 Å². The highest BCUT2D eigenvalue weighted by Gasteiger charge is 2.15. The standard InChI is InChI=1S/C32H39N3O2/c1-6-35(29-17-13-24(3)14-18-29)31(27-11-9-8-10-12-27)23-25(4)26(5)33-21-22-34-32(36)28-15-19-30(20-16-28)37-7-2/h8-20,23,25,33H,5-7,21-22H2,1-4H3,(H,34,36)/b31-23-. The van der Waals surface area contributed by atoms with Crippen LogP contribution in [0.4, 0.5) is 5.69 Å². The number of nitrogens with one attached hydrogen (secondary N) is 2. The molecule has 0 aliphatic rings. The molecule has 1 amide bonds. The van der Waals surface area contributed by atoms with Gasteiger partial charge < -0.3 is 20.3 Å². The Morgan fingerprint density at radius 3 is 2.19 bits per heavy atom. The number of carbonyl (C=O) groups excluding carboxylic acids is 1. The second-order valence-corrected chi connectivity index (χ2v) is 8.95. The summed E-state index contributed by atoms with van der Waals surface area (Å²) in [5.74, 6) is 0.737. The van der Waals surface area contributed by atoms with E-state index >= 15 is 0 Å². The number of hydrogen-bond donors (Lipinski definition) is 2. The smallest absolute Gasteiger partial charge is 0.251 e.